The molecule has 0 aromatic carbocycles. The molecule has 2 nitrogen and oxygen atoms in total. The Labute approximate surface area is 75.4 Å². The monoisotopic (exact) mass is 220 g/mol. The van der Waals surface area contributed by atoms with E-state index in [1.165, 1.54) is 12.8 Å². The molecule has 2 fully saturated rings. The molecule has 0 bridgehead atoms. The minimum Gasteiger partial charge on any atom is -0.349 e. The molecule has 1 aliphatic carbocycles. The van der Waals surface area contributed by atoms with Crippen LogP contribution in [-0.2, 0) is 9.47 Å². The van der Waals surface area contributed by atoms with Crippen molar-refractivity contribution in [3.8, 4) is 0 Å². The zero-order valence-electron chi connectivity index (χ0n) is 6.51. The minimum atomic E-state index is -0.252. The van der Waals surface area contributed by atoms with Gasteiger partial charge in [0.15, 0.2) is 5.79 Å². The smallest absolute Gasteiger partial charge is 0.180 e. The number of ether oxygens (including phenoxy) is 2. The molecule has 1 unspecified atom stereocenters. The summed E-state index contributed by atoms with van der Waals surface area (Å²) in [6, 6.07) is 0. The normalized spacial score (nSPS) is 36.3. The second-order valence-electron chi connectivity index (χ2n) is 3.22. The summed E-state index contributed by atoms with van der Waals surface area (Å²) >= 11 is 3.61. The summed E-state index contributed by atoms with van der Waals surface area (Å²) in [6.07, 6.45) is 4.50. The lowest BCUT2D eigenvalue weighted by atomic mass is 10.2. The van der Waals surface area contributed by atoms with Gasteiger partial charge in [0.1, 0.15) is 0 Å². The summed E-state index contributed by atoms with van der Waals surface area (Å²) < 4.78 is 11.3. The molecular formula is C8H13BrO2. The lowest BCUT2D eigenvalue weighted by Gasteiger charge is -2.36. The topological polar surface area (TPSA) is 18.5 Å². The third kappa shape index (κ3) is 1.34. The summed E-state index contributed by atoms with van der Waals surface area (Å²) in [5.41, 5.74) is 0. The van der Waals surface area contributed by atoms with Gasteiger partial charge in [-0.15, -0.1) is 0 Å². The van der Waals surface area contributed by atoms with Crippen molar-refractivity contribution in [1.82, 2.24) is 0 Å². The lowest BCUT2D eigenvalue weighted by molar-refractivity contribution is -0.257. The minimum absolute atomic E-state index is 0.252. The first-order valence-electron chi connectivity index (χ1n) is 4.25. The van der Waals surface area contributed by atoms with Crippen LogP contribution in [0.25, 0.3) is 0 Å². The third-order valence-electron chi connectivity index (χ3n) is 2.44. The van der Waals surface area contributed by atoms with Crippen LogP contribution in [0.5, 0.6) is 0 Å². The maximum absolute atomic E-state index is 5.67. The van der Waals surface area contributed by atoms with Gasteiger partial charge in [-0.25, -0.2) is 0 Å². The van der Waals surface area contributed by atoms with Crippen LogP contribution in [0.4, 0.5) is 0 Å². The Balaban J connectivity index is 2.06. The average Bonchev–Trinajstić information content (AvgIpc) is 2.36. The summed E-state index contributed by atoms with van der Waals surface area (Å²) in [4.78, 5) is 0.412. The Hall–Kier alpha value is 0.400. The van der Waals surface area contributed by atoms with Gasteiger partial charge < -0.3 is 9.47 Å². The van der Waals surface area contributed by atoms with Crippen molar-refractivity contribution in [2.24, 2.45) is 0 Å². The van der Waals surface area contributed by atoms with Crippen molar-refractivity contribution in [2.45, 2.75) is 36.3 Å². The first-order chi connectivity index (χ1) is 5.33. The second kappa shape index (κ2) is 3.04. The maximum atomic E-state index is 5.67. The molecule has 11 heavy (non-hydrogen) atoms. The SMILES string of the molecule is BrC1CCCC12OCCCO2. The highest BCUT2D eigenvalue weighted by Gasteiger charge is 2.45. The number of alkyl halides is 1. The molecule has 0 N–H and O–H groups in total. The lowest BCUT2D eigenvalue weighted by Crippen LogP contribution is -2.44. The summed E-state index contributed by atoms with van der Waals surface area (Å²) in [5, 5.41) is 0. The third-order valence-corrected chi connectivity index (χ3v) is 3.60. The Morgan fingerprint density at radius 1 is 1.18 bits per heavy atom. The largest absolute Gasteiger partial charge is 0.349 e. The quantitative estimate of drug-likeness (QED) is 0.583. The van der Waals surface area contributed by atoms with E-state index in [-0.39, 0.29) is 5.79 Å². The van der Waals surface area contributed by atoms with Crippen LogP contribution < -0.4 is 0 Å². The number of hydrogen-bond acceptors (Lipinski definition) is 2. The van der Waals surface area contributed by atoms with Crippen LogP contribution in [0, 0.1) is 0 Å². The van der Waals surface area contributed by atoms with Crippen molar-refractivity contribution in [3.05, 3.63) is 0 Å². The Bertz CT molecular complexity index is 143. The van der Waals surface area contributed by atoms with Crippen molar-refractivity contribution in [1.29, 1.82) is 0 Å². The molecule has 1 heterocycles. The van der Waals surface area contributed by atoms with Gasteiger partial charge in [0.05, 0.1) is 18.0 Å². The number of halogens is 1. The van der Waals surface area contributed by atoms with Crippen LogP contribution in [0.1, 0.15) is 25.7 Å². The zero-order valence-corrected chi connectivity index (χ0v) is 8.10. The van der Waals surface area contributed by atoms with E-state index in [1.54, 1.807) is 0 Å². The van der Waals surface area contributed by atoms with Crippen LogP contribution in [0.15, 0.2) is 0 Å². The second-order valence-corrected chi connectivity index (χ2v) is 4.33. The molecule has 2 rings (SSSR count). The van der Waals surface area contributed by atoms with Crippen molar-refractivity contribution in [2.75, 3.05) is 13.2 Å². The zero-order chi connectivity index (χ0) is 7.73. The molecule has 2 aliphatic rings. The van der Waals surface area contributed by atoms with Gasteiger partial charge in [-0.1, -0.05) is 15.9 Å². The van der Waals surface area contributed by atoms with Gasteiger partial charge in [-0.3, -0.25) is 0 Å². The average molecular weight is 221 g/mol. The van der Waals surface area contributed by atoms with Crippen molar-refractivity contribution < 1.29 is 9.47 Å². The molecule has 64 valence electrons. The Kier molecular flexibility index (Phi) is 2.21. The van der Waals surface area contributed by atoms with Crippen LogP contribution >= 0.6 is 15.9 Å². The summed E-state index contributed by atoms with van der Waals surface area (Å²) in [7, 11) is 0. The molecule has 0 aromatic rings. The molecule has 1 saturated heterocycles. The van der Waals surface area contributed by atoms with Crippen LogP contribution in [0.3, 0.4) is 0 Å². The maximum Gasteiger partial charge on any atom is 0.180 e. The van der Waals surface area contributed by atoms with E-state index < -0.39 is 0 Å². The highest BCUT2D eigenvalue weighted by molar-refractivity contribution is 9.09. The molecule has 1 aliphatic heterocycles. The Morgan fingerprint density at radius 3 is 2.45 bits per heavy atom. The van der Waals surface area contributed by atoms with E-state index in [0.717, 1.165) is 26.1 Å². The molecule has 1 atom stereocenters. The van der Waals surface area contributed by atoms with Crippen molar-refractivity contribution >= 4 is 15.9 Å². The number of rotatable bonds is 0. The summed E-state index contributed by atoms with van der Waals surface area (Å²) in [5.74, 6) is -0.252. The van der Waals surface area contributed by atoms with E-state index in [0.29, 0.717) is 4.83 Å². The predicted molar refractivity (Wildman–Crippen MR) is 45.8 cm³/mol. The van der Waals surface area contributed by atoms with Gasteiger partial charge >= 0.3 is 0 Å². The fraction of sp³-hybridized carbons (Fsp3) is 1.00. The highest BCUT2D eigenvalue weighted by Crippen LogP contribution is 2.40. The van der Waals surface area contributed by atoms with Crippen LogP contribution in [0.2, 0.25) is 0 Å². The van der Waals surface area contributed by atoms with E-state index >= 15 is 0 Å². The molecular weight excluding hydrogens is 208 g/mol. The van der Waals surface area contributed by atoms with Crippen molar-refractivity contribution in [3.63, 3.8) is 0 Å². The van der Waals surface area contributed by atoms with Gasteiger partial charge in [0, 0.05) is 6.42 Å². The molecule has 1 spiro atoms. The molecule has 0 radical (unpaired) electrons. The van der Waals surface area contributed by atoms with E-state index in [2.05, 4.69) is 15.9 Å². The predicted octanol–water partition coefficient (Wildman–Crippen LogP) is 2.07. The first kappa shape index (κ1) is 8.02. The number of hydrogen-bond donors (Lipinski definition) is 0. The van der Waals surface area contributed by atoms with E-state index in [9.17, 15) is 0 Å². The Morgan fingerprint density at radius 2 is 1.91 bits per heavy atom. The fourth-order valence-corrected chi connectivity index (χ4v) is 2.64. The van der Waals surface area contributed by atoms with Crippen LogP contribution in [-0.4, -0.2) is 23.8 Å². The standard InChI is InChI=1S/C8H13BrO2/c9-7-3-1-4-8(7)10-5-2-6-11-8/h7H,1-6H2. The fourth-order valence-electron chi connectivity index (χ4n) is 1.82. The van der Waals surface area contributed by atoms with Gasteiger partial charge in [-0.05, 0) is 19.3 Å². The van der Waals surface area contributed by atoms with E-state index in [4.69, 9.17) is 9.47 Å². The first-order valence-corrected chi connectivity index (χ1v) is 5.17. The molecule has 1 saturated carbocycles. The van der Waals surface area contributed by atoms with Gasteiger partial charge in [-0.2, -0.15) is 0 Å². The molecule has 0 amide bonds. The molecule has 3 heteroatoms. The highest BCUT2D eigenvalue weighted by atomic mass is 79.9. The van der Waals surface area contributed by atoms with Gasteiger partial charge in [0.25, 0.3) is 0 Å². The summed E-state index contributed by atoms with van der Waals surface area (Å²) in [6.45, 7) is 1.73. The van der Waals surface area contributed by atoms with Gasteiger partial charge in [0.2, 0.25) is 0 Å². The molecule has 0 aromatic heterocycles. The van der Waals surface area contributed by atoms with E-state index in [1.807, 2.05) is 0 Å².